The van der Waals surface area contributed by atoms with E-state index in [0.717, 1.165) is 60.6 Å². The highest BCUT2D eigenvalue weighted by Crippen LogP contribution is 2.41. The number of benzene rings is 1. The third kappa shape index (κ3) is 7.19. The molecule has 0 aliphatic carbocycles. The minimum Gasteiger partial charge on any atom is -0.464 e. The van der Waals surface area contributed by atoms with Crippen LogP contribution in [0.1, 0.15) is 88.6 Å². The molecule has 2 heterocycles. The Kier molecular flexibility index (Phi) is 8.99. The van der Waals surface area contributed by atoms with Gasteiger partial charge in [0.15, 0.2) is 6.10 Å². The first-order valence-corrected chi connectivity index (χ1v) is 13.2. The number of ether oxygens (including phenoxy) is 2. The van der Waals surface area contributed by atoms with E-state index in [1.807, 2.05) is 40.7 Å². The van der Waals surface area contributed by atoms with Gasteiger partial charge in [-0.1, -0.05) is 56.3 Å². The van der Waals surface area contributed by atoms with Crippen LogP contribution >= 0.6 is 0 Å². The summed E-state index contributed by atoms with van der Waals surface area (Å²) < 4.78 is 11.9. The molecule has 1 aliphatic rings. The lowest BCUT2D eigenvalue weighted by molar-refractivity contribution is -0.166. The second-order valence-corrected chi connectivity index (χ2v) is 11.6. The largest absolute Gasteiger partial charge is 0.464 e. The molecule has 0 unspecified atom stereocenters. The average molecular weight is 493 g/mol. The van der Waals surface area contributed by atoms with Gasteiger partial charge in [0.1, 0.15) is 0 Å². The summed E-state index contributed by atoms with van der Waals surface area (Å²) in [6, 6.07) is 10.4. The Morgan fingerprint density at radius 3 is 2.33 bits per heavy atom. The summed E-state index contributed by atoms with van der Waals surface area (Å²) in [6.45, 7) is 18.6. The molecule has 3 rings (SSSR count). The highest BCUT2D eigenvalue weighted by Gasteiger charge is 2.36. The highest BCUT2D eigenvalue weighted by atomic mass is 16.6. The van der Waals surface area contributed by atoms with Gasteiger partial charge in [-0.25, -0.2) is 4.79 Å². The number of anilines is 1. The van der Waals surface area contributed by atoms with Gasteiger partial charge in [0, 0.05) is 35.6 Å². The smallest absolute Gasteiger partial charge is 0.340 e. The molecule has 36 heavy (non-hydrogen) atoms. The fourth-order valence-electron chi connectivity index (χ4n) is 4.77. The van der Waals surface area contributed by atoms with Crippen molar-refractivity contribution in [2.45, 2.75) is 86.4 Å². The quantitative estimate of drug-likeness (QED) is 0.371. The van der Waals surface area contributed by atoms with E-state index in [1.165, 1.54) is 5.56 Å². The first kappa shape index (κ1) is 27.9. The van der Waals surface area contributed by atoms with Crippen molar-refractivity contribution in [2.24, 2.45) is 5.41 Å². The predicted molar refractivity (Wildman–Crippen MR) is 148 cm³/mol. The first-order chi connectivity index (χ1) is 16.9. The number of carbonyl (C=O) groups excluding carboxylic acids is 1. The molecule has 5 heteroatoms. The molecule has 1 fully saturated rings. The van der Waals surface area contributed by atoms with E-state index in [0.29, 0.717) is 12.0 Å². The molecular formula is C31H44N2O3. The zero-order valence-corrected chi connectivity index (χ0v) is 23.5. The number of nitrogens with zero attached hydrogens (tertiary/aromatic N) is 2. The Morgan fingerprint density at radius 1 is 1.11 bits per heavy atom. The summed E-state index contributed by atoms with van der Waals surface area (Å²) in [7, 11) is 0. The average Bonchev–Trinajstić information content (AvgIpc) is 2.79. The van der Waals surface area contributed by atoms with Crippen LogP contribution in [-0.2, 0) is 20.7 Å². The molecule has 196 valence electrons. The molecule has 0 saturated carbocycles. The van der Waals surface area contributed by atoms with Gasteiger partial charge < -0.3 is 14.4 Å². The summed E-state index contributed by atoms with van der Waals surface area (Å²) in [6.07, 6.45) is 6.53. The van der Waals surface area contributed by atoms with Crippen LogP contribution in [0.3, 0.4) is 0 Å². The number of esters is 1. The molecule has 1 aromatic carbocycles. The number of piperidine rings is 1. The van der Waals surface area contributed by atoms with Gasteiger partial charge in [0.05, 0.1) is 17.9 Å². The lowest BCUT2D eigenvalue weighted by atomic mass is 9.82. The molecule has 0 spiro atoms. The number of aryl methyl sites for hydroxylation is 2. The third-order valence-electron chi connectivity index (χ3n) is 6.77. The lowest BCUT2D eigenvalue weighted by Gasteiger charge is -2.41. The van der Waals surface area contributed by atoms with Crippen LogP contribution in [-0.4, -0.2) is 36.3 Å². The number of hydrogen-bond acceptors (Lipinski definition) is 5. The van der Waals surface area contributed by atoms with Gasteiger partial charge in [-0.3, -0.25) is 4.98 Å². The van der Waals surface area contributed by atoms with E-state index in [9.17, 15) is 4.79 Å². The van der Waals surface area contributed by atoms with Crippen LogP contribution in [0.15, 0.2) is 36.4 Å². The van der Waals surface area contributed by atoms with Crippen molar-refractivity contribution in [1.29, 1.82) is 0 Å². The minimum absolute atomic E-state index is 0.304. The van der Waals surface area contributed by atoms with Crippen molar-refractivity contribution in [1.82, 2.24) is 4.98 Å². The third-order valence-corrected chi connectivity index (χ3v) is 6.77. The van der Waals surface area contributed by atoms with Crippen molar-refractivity contribution >= 4 is 17.7 Å². The molecule has 1 aromatic heterocycles. The van der Waals surface area contributed by atoms with Gasteiger partial charge in [-0.2, -0.15) is 0 Å². The number of aromatic nitrogens is 1. The van der Waals surface area contributed by atoms with Gasteiger partial charge >= 0.3 is 5.97 Å². The van der Waals surface area contributed by atoms with Crippen molar-refractivity contribution < 1.29 is 14.3 Å². The predicted octanol–water partition coefficient (Wildman–Crippen LogP) is 7.00. The van der Waals surface area contributed by atoms with Crippen LogP contribution in [0.4, 0.5) is 5.69 Å². The first-order valence-electron chi connectivity index (χ1n) is 13.2. The molecule has 0 radical (unpaired) electrons. The van der Waals surface area contributed by atoms with Crippen LogP contribution in [0.5, 0.6) is 0 Å². The number of pyridine rings is 1. The Hall–Kier alpha value is -2.66. The van der Waals surface area contributed by atoms with E-state index in [-0.39, 0.29) is 5.97 Å². The SMILES string of the molecule is CCOC(=O)[C@@H](OC(C)(C)C)c1c(C)nc(C)c(/C=C/Cc2ccccc2)c1N1CCC(C)(C)CC1. The molecule has 0 bridgehead atoms. The summed E-state index contributed by atoms with van der Waals surface area (Å²) in [4.78, 5) is 20.6. The summed E-state index contributed by atoms with van der Waals surface area (Å²) in [5.41, 5.74) is 5.74. The number of hydrogen-bond donors (Lipinski definition) is 0. The number of carbonyl (C=O) groups is 1. The van der Waals surface area contributed by atoms with E-state index in [1.54, 1.807) is 0 Å². The maximum atomic E-state index is 13.3. The molecular weight excluding hydrogens is 448 g/mol. The normalized spacial score (nSPS) is 16.8. The van der Waals surface area contributed by atoms with Crippen LogP contribution in [0.25, 0.3) is 6.08 Å². The van der Waals surface area contributed by atoms with E-state index in [2.05, 4.69) is 62.1 Å². The Balaban J connectivity index is 2.16. The zero-order chi connectivity index (χ0) is 26.5. The fraction of sp³-hybridized carbons (Fsp3) is 0.548. The molecule has 1 atom stereocenters. The van der Waals surface area contributed by atoms with Crippen molar-refractivity contribution in [3.8, 4) is 0 Å². The fourth-order valence-corrected chi connectivity index (χ4v) is 4.77. The Bertz CT molecular complexity index is 1060. The topological polar surface area (TPSA) is 51.7 Å². The zero-order valence-electron chi connectivity index (χ0n) is 23.5. The van der Waals surface area contributed by atoms with Gasteiger partial charge in [0.25, 0.3) is 0 Å². The van der Waals surface area contributed by atoms with Crippen molar-refractivity contribution in [3.05, 3.63) is 64.5 Å². The monoisotopic (exact) mass is 492 g/mol. The van der Waals surface area contributed by atoms with Crippen molar-refractivity contribution in [2.75, 3.05) is 24.6 Å². The molecule has 1 saturated heterocycles. The number of allylic oxidation sites excluding steroid dienone is 1. The van der Waals surface area contributed by atoms with E-state index < -0.39 is 11.7 Å². The summed E-state index contributed by atoms with van der Waals surface area (Å²) >= 11 is 0. The van der Waals surface area contributed by atoms with Crippen LogP contribution in [0, 0.1) is 19.3 Å². The maximum Gasteiger partial charge on any atom is 0.340 e. The second kappa shape index (κ2) is 11.6. The summed E-state index contributed by atoms with van der Waals surface area (Å²) in [5, 5.41) is 0. The van der Waals surface area contributed by atoms with E-state index in [4.69, 9.17) is 14.5 Å². The van der Waals surface area contributed by atoms with Crippen LogP contribution in [0.2, 0.25) is 0 Å². The van der Waals surface area contributed by atoms with Crippen LogP contribution < -0.4 is 4.90 Å². The Labute approximate surface area is 217 Å². The summed E-state index contributed by atoms with van der Waals surface area (Å²) in [5.74, 6) is -0.362. The molecule has 2 aromatic rings. The second-order valence-electron chi connectivity index (χ2n) is 11.6. The van der Waals surface area contributed by atoms with Crippen molar-refractivity contribution in [3.63, 3.8) is 0 Å². The van der Waals surface area contributed by atoms with Gasteiger partial charge in [0.2, 0.25) is 0 Å². The van der Waals surface area contributed by atoms with Gasteiger partial charge in [-0.15, -0.1) is 0 Å². The maximum absolute atomic E-state index is 13.3. The van der Waals surface area contributed by atoms with Gasteiger partial charge in [-0.05, 0) is 71.8 Å². The minimum atomic E-state index is -0.843. The molecule has 0 N–H and O–H groups in total. The highest BCUT2D eigenvalue weighted by molar-refractivity contribution is 5.83. The standard InChI is InChI=1S/C31H44N2O3/c1-9-35-29(34)28(36-30(4,5)6)26-23(3)32-22(2)25(17-13-16-24-14-11-10-12-15-24)27(26)33-20-18-31(7,8)19-21-33/h10-15,17,28H,9,16,18-21H2,1-8H3/b17-13+/t28-/m0/s1. The number of rotatable bonds is 8. The Morgan fingerprint density at radius 2 is 1.75 bits per heavy atom. The molecule has 5 nitrogen and oxygen atoms in total. The molecule has 0 amide bonds. The lowest BCUT2D eigenvalue weighted by Crippen LogP contribution is -2.39. The molecule has 1 aliphatic heterocycles. The van der Waals surface area contributed by atoms with E-state index >= 15 is 0 Å².